The summed E-state index contributed by atoms with van der Waals surface area (Å²) in [5.41, 5.74) is 4.30. The molecule has 0 spiro atoms. The molecule has 4 rings (SSSR count). The van der Waals surface area contributed by atoms with Crippen molar-refractivity contribution in [3.8, 4) is 0 Å². The van der Waals surface area contributed by atoms with Gasteiger partial charge >= 0.3 is 0 Å². The summed E-state index contributed by atoms with van der Waals surface area (Å²) >= 11 is 6.35. The molecule has 8 nitrogen and oxygen atoms in total. The number of nitrogens with one attached hydrogen (secondary N) is 2. The van der Waals surface area contributed by atoms with E-state index in [4.69, 9.17) is 11.6 Å². The van der Waals surface area contributed by atoms with Gasteiger partial charge < -0.3 is 10.6 Å². The maximum atomic E-state index is 12.7. The molecule has 3 amide bonds. The van der Waals surface area contributed by atoms with E-state index in [1.807, 2.05) is 26.0 Å². The lowest BCUT2D eigenvalue weighted by Crippen LogP contribution is -2.32. The van der Waals surface area contributed by atoms with E-state index in [1.54, 1.807) is 48.0 Å². The summed E-state index contributed by atoms with van der Waals surface area (Å²) in [6.45, 7) is 9.27. The van der Waals surface area contributed by atoms with E-state index >= 15 is 0 Å². The molecule has 9 heteroatoms. The molecule has 0 bridgehead atoms. The molecule has 0 saturated carbocycles. The maximum Gasteiger partial charge on any atom is 0.259 e. The molecule has 2 N–H and O–H groups in total. The summed E-state index contributed by atoms with van der Waals surface area (Å²) in [4.78, 5) is 39.2. The van der Waals surface area contributed by atoms with Gasteiger partial charge in [-0.15, -0.1) is 0 Å². The van der Waals surface area contributed by atoms with Crippen LogP contribution in [0.5, 0.6) is 0 Å². The van der Waals surface area contributed by atoms with Gasteiger partial charge in [-0.1, -0.05) is 36.4 Å². The first-order valence-electron chi connectivity index (χ1n) is 10.7. The van der Waals surface area contributed by atoms with Crippen molar-refractivity contribution in [3.63, 3.8) is 0 Å². The third-order valence-corrected chi connectivity index (χ3v) is 5.96. The SMILES string of the molecule is C=C1c2ccccc2C(=O)N1CC(=O)Nc1ccc(NC(=O)C(C)n2nc(C)cc2C)c(Cl)c1. The second kappa shape index (κ2) is 9.15. The van der Waals surface area contributed by atoms with E-state index in [2.05, 4.69) is 22.3 Å². The molecule has 34 heavy (non-hydrogen) atoms. The molecular weight excluding hydrogens is 454 g/mol. The van der Waals surface area contributed by atoms with Gasteiger partial charge in [0.1, 0.15) is 12.6 Å². The summed E-state index contributed by atoms with van der Waals surface area (Å²) in [7, 11) is 0. The number of halogens is 1. The number of amides is 3. The Morgan fingerprint density at radius 3 is 2.41 bits per heavy atom. The molecule has 2 heterocycles. The average molecular weight is 478 g/mol. The number of hydrogen-bond donors (Lipinski definition) is 2. The van der Waals surface area contributed by atoms with Gasteiger partial charge in [-0.05, 0) is 51.1 Å². The molecule has 174 valence electrons. The number of fused-ring (bicyclic) bond motifs is 1. The van der Waals surface area contributed by atoms with Crippen LogP contribution in [0.2, 0.25) is 5.02 Å². The average Bonchev–Trinajstić information content (AvgIpc) is 3.26. The maximum absolute atomic E-state index is 12.7. The number of aromatic nitrogens is 2. The zero-order valence-corrected chi connectivity index (χ0v) is 19.8. The number of anilines is 2. The molecule has 1 atom stereocenters. The van der Waals surface area contributed by atoms with Crippen LogP contribution in [0.4, 0.5) is 11.4 Å². The zero-order chi connectivity index (χ0) is 24.6. The molecule has 1 aromatic heterocycles. The largest absolute Gasteiger partial charge is 0.324 e. The highest BCUT2D eigenvalue weighted by Crippen LogP contribution is 2.31. The molecule has 1 unspecified atom stereocenters. The summed E-state index contributed by atoms with van der Waals surface area (Å²) in [6.07, 6.45) is 0. The Kier molecular flexibility index (Phi) is 6.26. The number of aryl methyl sites for hydroxylation is 2. The van der Waals surface area contributed by atoms with E-state index < -0.39 is 11.9 Å². The predicted octanol–water partition coefficient (Wildman–Crippen LogP) is 4.42. The Morgan fingerprint density at radius 1 is 1.09 bits per heavy atom. The van der Waals surface area contributed by atoms with E-state index in [-0.39, 0.29) is 23.4 Å². The number of benzene rings is 2. The van der Waals surface area contributed by atoms with Crippen molar-refractivity contribution in [2.24, 2.45) is 0 Å². The number of carbonyl (C=O) groups is 3. The number of nitrogens with zero attached hydrogens (tertiary/aromatic N) is 3. The van der Waals surface area contributed by atoms with Crippen LogP contribution >= 0.6 is 11.6 Å². The van der Waals surface area contributed by atoms with E-state index in [0.717, 1.165) is 17.0 Å². The van der Waals surface area contributed by atoms with Crippen LogP contribution < -0.4 is 10.6 Å². The zero-order valence-electron chi connectivity index (χ0n) is 19.1. The van der Waals surface area contributed by atoms with Crippen molar-refractivity contribution in [2.45, 2.75) is 26.8 Å². The Morgan fingerprint density at radius 2 is 1.79 bits per heavy atom. The highest BCUT2D eigenvalue weighted by molar-refractivity contribution is 6.34. The van der Waals surface area contributed by atoms with Gasteiger partial charge in [0.25, 0.3) is 5.91 Å². The number of rotatable bonds is 6. The van der Waals surface area contributed by atoms with E-state index in [1.165, 1.54) is 4.90 Å². The van der Waals surface area contributed by atoms with Crippen LogP contribution in [0.1, 0.15) is 40.3 Å². The lowest BCUT2D eigenvalue weighted by atomic mass is 10.1. The second-order valence-corrected chi connectivity index (χ2v) is 8.57. The van der Waals surface area contributed by atoms with Crippen molar-refractivity contribution in [1.29, 1.82) is 0 Å². The monoisotopic (exact) mass is 477 g/mol. The molecule has 1 aliphatic rings. The fraction of sp³-hybridized carbons (Fsp3) is 0.200. The van der Waals surface area contributed by atoms with Crippen molar-refractivity contribution < 1.29 is 14.4 Å². The van der Waals surface area contributed by atoms with Crippen LogP contribution in [-0.4, -0.2) is 38.9 Å². The summed E-state index contributed by atoms with van der Waals surface area (Å²) in [5, 5.41) is 10.1. The standard InChI is InChI=1S/C25H24ClN5O3/c1-14-11-15(2)31(29-14)17(4)24(33)28-22-10-9-18(12-21(22)26)27-23(32)13-30-16(3)19-7-5-6-8-20(19)25(30)34/h5-12,17H,3,13H2,1-2,4H3,(H,27,32)(H,28,33). The highest BCUT2D eigenvalue weighted by Gasteiger charge is 2.31. The van der Waals surface area contributed by atoms with Crippen LogP contribution in [0, 0.1) is 13.8 Å². The normalized spacial score (nSPS) is 13.6. The molecule has 0 aliphatic carbocycles. The lowest BCUT2D eigenvalue weighted by molar-refractivity contribution is -0.119. The van der Waals surface area contributed by atoms with Gasteiger partial charge in [0.05, 0.1) is 16.4 Å². The van der Waals surface area contributed by atoms with Gasteiger partial charge in [0.15, 0.2) is 0 Å². The second-order valence-electron chi connectivity index (χ2n) is 8.16. The first-order valence-corrected chi connectivity index (χ1v) is 11.1. The minimum absolute atomic E-state index is 0.178. The Hall–Kier alpha value is -3.91. The minimum Gasteiger partial charge on any atom is -0.324 e. The topological polar surface area (TPSA) is 96.3 Å². The Balaban J connectivity index is 1.39. The highest BCUT2D eigenvalue weighted by atomic mass is 35.5. The van der Waals surface area contributed by atoms with Crippen molar-refractivity contribution in [3.05, 3.63) is 82.6 Å². The molecule has 2 aromatic carbocycles. The first-order chi connectivity index (χ1) is 16.2. The van der Waals surface area contributed by atoms with Gasteiger partial charge in [-0.25, -0.2) is 0 Å². The molecule has 0 radical (unpaired) electrons. The lowest BCUT2D eigenvalue weighted by Gasteiger charge is -2.18. The number of carbonyl (C=O) groups excluding carboxylic acids is 3. The third-order valence-electron chi connectivity index (χ3n) is 5.64. The molecule has 3 aromatic rings. The van der Waals surface area contributed by atoms with Gasteiger partial charge in [0, 0.05) is 28.2 Å². The van der Waals surface area contributed by atoms with Crippen molar-refractivity contribution >= 4 is 46.4 Å². The summed E-state index contributed by atoms with van der Waals surface area (Å²) in [6, 6.07) is 13.3. The Bertz CT molecular complexity index is 1290. The molecular formula is C25H24ClN5O3. The van der Waals surface area contributed by atoms with Crippen LogP contribution in [0.15, 0.2) is 55.1 Å². The van der Waals surface area contributed by atoms with Gasteiger partial charge in [-0.2, -0.15) is 5.10 Å². The minimum atomic E-state index is -0.528. The third kappa shape index (κ3) is 4.45. The van der Waals surface area contributed by atoms with Crippen LogP contribution in [0.3, 0.4) is 0 Å². The van der Waals surface area contributed by atoms with Crippen LogP contribution in [-0.2, 0) is 9.59 Å². The van der Waals surface area contributed by atoms with E-state index in [0.29, 0.717) is 22.6 Å². The summed E-state index contributed by atoms with van der Waals surface area (Å²) < 4.78 is 1.65. The van der Waals surface area contributed by atoms with Crippen molar-refractivity contribution in [1.82, 2.24) is 14.7 Å². The fourth-order valence-corrected chi connectivity index (χ4v) is 4.15. The quantitative estimate of drug-likeness (QED) is 0.549. The molecule has 0 fully saturated rings. The van der Waals surface area contributed by atoms with Gasteiger partial charge in [-0.3, -0.25) is 24.0 Å². The van der Waals surface area contributed by atoms with Crippen molar-refractivity contribution in [2.75, 3.05) is 17.2 Å². The number of hydrogen-bond acceptors (Lipinski definition) is 4. The van der Waals surface area contributed by atoms with Gasteiger partial charge in [0.2, 0.25) is 11.8 Å². The molecule has 0 saturated heterocycles. The van der Waals surface area contributed by atoms with Crippen LogP contribution in [0.25, 0.3) is 5.70 Å². The molecule has 1 aliphatic heterocycles. The predicted molar refractivity (Wildman–Crippen MR) is 132 cm³/mol. The summed E-state index contributed by atoms with van der Waals surface area (Å²) in [5.74, 6) is -0.924. The Labute approximate surface area is 202 Å². The first kappa shape index (κ1) is 23.3. The fourth-order valence-electron chi connectivity index (χ4n) is 3.93. The van der Waals surface area contributed by atoms with E-state index in [9.17, 15) is 14.4 Å². The smallest absolute Gasteiger partial charge is 0.259 e.